The fourth-order valence-electron chi connectivity index (χ4n) is 2.56. The largest absolute Gasteiger partial charge is 0.353 e. The van der Waals surface area contributed by atoms with Gasteiger partial charge in [-0.2, -0.15) is 0 Å². The number of rotatable bonds is 10. The van der Waals surface area contributed by atoms with Crippen molar-refractivity contribution < 1.29 is 4.79 Å². The maximum absolute atomic E-state index is 11.7. The quantitative estimate of drug-likeness (QED) is 0.696. The molecule has 1 aromatic heterocycles. The molecule has 1 aromatic rings. The molecular weight excluding hydrogens is 262 g/mol. The fraction of sp³-hybridized carbons (Fsp3) is 0.706. The second-order valence-corrected chi connectivity index (χ2v) is 6.07. The van der Waals surface area contributed by atoms with Gasteiger partial charge in [0.2, 0.25) is 5.91 Å². The van der Waals surface area contributed by atoms with Crippen LogP contribution in [0.2, 0.25) is 0 Å². The summed E-state index contributed by atoms with van der Waals surface area (Å²) in [5.41, 5.74) is 1.34. The van der Waals surface area contributed by atoms with Crippen LogP contribution in [0, 0.1) is 0 Å². The molecule has 1 fully saturated rings. The Hall–Kier alpha value is -1.29. The Morgan fingerprint density at radius 1 is 1.38 bits per heavy atom. The van der Waals surface area contributed by atoms with Crippen LogP contribution in [0.1, 0.15) is 64.0 Å². The highest BCUT2D eigenvalue weighted by Crippen LogP contribution is 2.20. The molecule has 1 aliphatic carbocycles. The van der Waals surface area contributed by atoms with Gasteiger partial charge in [-0.15, -0.1) is 0 Å². The van der Waals surface area contributed by atoms with Crippen LogP contribution in [-0.4, -0.2) is 23.1 Å². The van der Waals surface area contributed by atoms with Gasteiger partial charge in [0, 0.05) is 37.4 Å². The number of carbonyl (C=O) groups excluding carboxylic acids is 1. The molecule has 0 aliphatic heterocycles. The zero-order chi connectivity index (χ0) is 15.1. The first kappa shape index (κ1) is 16.1. The lowest BCUT2D eigenvalue weighted by atomic mass is 10.1. The Morgan fingerprint density at radius 2 is 2.19 bits per heavy atom. The van der Waals surface area contributed by atoms with Gasteiger partial charge in [0.05, 0.1) is 0 Å². The number of nitrogens with one attached hydrogen (secondary N) is 2. The molecule has 2 rings (SSSR count). The van der Waals surface area contributed by atoms with E-state index >= 15 is 0 Å². The summed E-state index contributed by atoms with van der Waals surface area (Å²) in [5.74, 6) is 0.182. The average molecular weight is 291 g/mol. The van der Waals surface area contributed by atoms with Crippen molar-refractivity contribution in [1.29, 1.82) is 0 Å². The summed E-state index contributed by atoms with van der Waals surface area (Å²) in [4.78, 5) is 11.7. The molecule has 4 nitrogen and oxygen atoms in total. The molecule has 0 aromatic carbocycles. The molecule has 0 spiro atoms. The maximum atomic E-state index is 11.7. The summed E-state index contributed by atoms with van der Waals surface area (Å²) in [6.45, 7) is 6.24. The minimum Gasteiger partial charge on any atom is -0.353 e. The second-order valence-electron chi connectivity index (χ2n) is 6.07. The molecule has 0 saturated heterocycles. The van der Waals surface area contributed by atoms with E-state index in [0.29, 0.717) is 18.5 Å². The van der Waals surface area contributed by atoms with Crippen LogP contribution >= 0.6 is 0 Å². The predicted octanol–water partition coefficient (Wildman–Crippen LogP) is 3.00. The highest BCUT2D eigenvalue weighted by Gasteiger charge is 2.22. The molecule has 0 radical (unpaired) electrons. The monoisotopic (exact) mass is 291 g/mol. The van der Waals surface area contributed by atoms with Crippen molar-refractivity contribution in [3.8, 4) is 0 Å². The highest BCUT2D eigenvalue weighted by molar-refractivity contribution is 5.76. The fourth-order valence-corrected chi connectivity index (χ4v) is 2.56. The minimum atomic E-state index is 0.182. The van der Waals surface area contributed by atoms with E-state index in [2.05, 4.69) is 47.5 Å². The van der Waals surface area contributed by atoms with Crippen LogP contribution in [0.25, 0.3) is 0 Å². The first-order valence-electron chi connectivity index (χ1n) is 8.41. The molecule has 21 heavy (non-hydrogen) atoms. The number of hydrogen-bond acceptors (Lipinski definition) is 2. The van der Waals surface area contributed by atoms with Crippen LogP contribution < -0.4 is 10.6 Å². The van der Waals surface area contributed by atoms with Crippen molar-refractivity contribution >= 4 is 5.91 Å². The Balaban J connectivity index is 1.81. The minimum absolute atomic E-state index is 0.182. The third-order valence-corrected chi connectivity index (χ3v) is 3.93. The van der Waals surface area contributed by atoms with E-state index in [-0.39, 0.29) is 5.91 Å². The van der Waals surface area contributed by atoms with Crippen LogP contribution in [-0.2, 0) is 11.3 Å². The van der Waals surface area contributed by atoms with E-state index in [1.807, 2.05) is 0 Å². The Morgan fingerprint density at radius 3 is 2.86 bits per heavy atom. The average Bonchev–Trinajstić information content (AvgIpc) is 3.16. The van der Waals surface area contributed by atoms with E-state index < -0.39 is 0 Å². The summed E-state index contributed by atoms with van der Waals surface area (Å²) in [5, 5.41) is 6.64. The number of aromatic nitrogens is 1. The van der Waals surface area contributed by atoms with E-state index in [1.54, 1.807) is 0 Å². The molecule has 1 atom stereocenters. The molecule has 1 unspecified atom stereocenters. The molecule has 1 heterocycles. The first-order chi connectivity index (χ1) is 10.2. The number of hydrogen-bond donors (Lipinski definition) is 2. The van der Waals surface area contributed by atoms with Gasteiger partial charge in [-0.1, -0.05) is 20.3 Å². The molecule has 1 saturated carbocycles. The van der Waals surface area contributed by atoms with Crippen LogP contribution in [0.3, 0.4) is 0 Å². The molecule has 1 amide bonds. The Kier molecular flexibility index (Phi) is 6.30. The predicted molar refractivity (Wildman–Crippen MR) is 86.2 cm³/mol. The summed E-state index contributed by atoms with van der Waals surface area (Å²) in [6.07, 6.45) is 10.7. The van der Waals surface area contributed by atoms with Gasteiger partial charge in [0.15, 0.2) is 0 Å². The zero-order valence-electron chi connectivity index (χ0n) is 13.4. The van der Waals surface area contributed by atoms with Gasteiger partial charge < -0.3 is 15.2 Å². The number of aryl methyl sites for hydroxylation is 1. The third kappa shape index (κ3) is 5.54. The Labute approximate surface area is 128 Å². The van der Waals surface area contributed by atoms with Crippen molar-refractivity contribution in [3.63, 3.8) is 0 Å². The zero-order valence-corrected chi connectivity index (χ0v) is 13.4. The van der Waals surface area contributed by atoms with Gasteiger partial charge in [0.1, 0.15) is 0 Å². The van der Waals surface area contributed by atoms with Crippen LogP contribution in [0.5, 0.6) is 0 Å². The first-order valence-corrected chi connectivity index (χ1v) is 8.41. The smallest absolute Gasteiger partial charge is 0.222 e. The van der Waals surface area contributed by atoms with Gasteiger partial charge in [-0.25, -0.2) is 0 Å². The topological polar surface area (TPSA) is 46.1 Å². The highest BCUT2D eigenvalue weighted by atomic mass is 16.1. The maximum Gasteiger partial charge on any atom is 0.222 e. The van der Waals surface area contributed by atoms with Crippen LogP contribution in [0.15, 0.2) is 18.5 Å². The Bertz CT molecular complexity index is 437. The van der Waals surface area contributed by atoms with E-state index in [0.717, 1.165) is 38.8 Å². The molecule has 1 aliphatic rings. The molecule has 118 valence electrons. The van der Waals surface area contributed by atoms with Gasteiger partial charge >= 0.3 is 0 Å². The lowest BCUT2D eigenvalue weighted by Gasteiger charge is -2.16. The SMILES string of the molecule is CCCNC(CCC)c1ccn(CCC(=O)NC2CC2)c1. The lowest BCUT2D eigenvalue weighted by Crippen LogP contribution is -2.26. The van der Waals surface area contributed by atoms with Crippen molar-refractivity contribution in [2.24, 2.45) is 0 Å². The van der Waals surface area contributed by atoms with E-state index in [1.165, 1.54) is 12.0 Å². The van der Waals surface area contributed by atoms with E-state index in [9.17, 15) is 4.79 Å². The summed E-state index contributed by atoms with van der Waals surface area (Å²) >= 11 is 0. The third-order valence-electron chi connectivity index (χ3n) is 3.93. The van der Waals surface area contributed by atoms with Gasteiger partial charge in [-0.05, 0) is 43.9 Å². The molecule has 4 heteroatoms. The number of carbonyl (C=O) groups is 1. The van der Waals surface area contributed by atoms with Crippen LogP contribution in [0.4, 0.5) is 0 Å². The number of amides is 1. The summed E-state index contributed by atoms with van der Waals surface area (Å²) in [6, 6.07) is 3.09. The number of nitrogens with zero attached hydrogens (tertiary/aromatic N) is 1. The molecular formula is C17H29N3O. The standard InChI is InChI=1S/C17H29N3O/c1-3-5-16(18-10-4-2)14-8-11-20(13-14)12-9-17(21)19-15-6-7-15/h8,11,13,15-16,18H,3-7,9-10,12H2,1-2H3,(H,19,21). The second kappa shape index (κ2) is 8.23. The lowest BCUT2D eigenvalue weighted by molar-refractivity contribution is -0.121. The van der Waals surface area contributed by atoms with Crippen molar-refractivity contribution in [2.45, 2.75) is 71.0 Å². The molecule has 0 bridgehead atoms. The van der Waals surface area contributed by atoms with Crippen molar-refractivity contribution in [1.82, 2.24) is 15.2 Å². The van der Waals surface area contributed by atoms with Gasteiger partial charge in [-0.3, -0.25) is 4.79 Å². The van der Waals surface area contributed by atoms with E-state index in [4.69, 9.17) is 0 Å². The van der Waals surface area contributed by atoms with Gasteiger partial charge in [0.25, 0.3) is 0 Å². The summed E-state index contributed by atoms with van der Waals surface area (Å²) in [7, 11) is 0. The molecule has 2 N–H and O–H groups in total. The summed E-state index contributed by atoms with van der Waals surface area (Å²) < 4.78 is 2.14. The van der Waals surface area contributed by atoms with Crippen molar-refractivity contribution in [3.05, 3.63) is 24.0 Å². The van der Waals surface area contributed by atoms with Crippen molar-refractivity contribution in [2.75, 3.05) is 6.54 Å². The normalized spacial score (nSPS) is 15.9.